The van der Waals surface area contributed by atoms with E-state index in [0.717, 1.165) is 27.4 Å². The van der Waals surface area contributed by atoms with E-state index in [4.69, 9.17) is 14.7 Å². The molecule has 2 fully saturated rings. The normalized spacial score (nSPS) is 17.2. The first-order chi connectivity index (χ1) is 14.2. The fourth-order valence-corrected chi connectivity index (χ4v) is 4.20. The summed E-state index contributed by atoms with van der Waals surface area (Å²) in [5, 5.41) is 12.5. The van der Waals surface area contributed by atoms with Crippen molar-refractivity contribution in [3.05, 3.63) is 29.4 Å². The molecular weight excluding hydrogens is 392 g/mol. The molecule has 3 aromatic rings. The number of nitriles is 1. The Morgan fingerprint density at radius 1 is 1.34 bits per heavy atom. The van der Waals surface area contributed by atoms with Crippen LogP contribution < -0.4 is 4.90 Å². The summed E-state index contributed by atoms with van der Waals surface area (Å²) in [6, 6.07) is 6.07. The van der Waals surface area contributed by atoms with E-state index in [1.807, 2.05) is 12.1 Å². The number of nitrogens with one attached hydrogen (secondary N) is 1. The van der Waals surface area contributed by atoms with E-state index in [0.29, 0.717) is 45.1 Å². The summed E-state index contributed by atoms with van der Waals surface area (Å²) < 4.78 is 10.4. The molecule has 2 aliphatic rings. The Morgan fingerprint density at radius 3 is 2.86 bits per heavy atom. The Kier molecular flexibility index (Phi) is 4.54. The van der Waals surface area contributed by atoms with Crippen molar-refractivity contribution in [1.82, 2.24) is 19.9 Å². The maximum Gasteiger partial charge on any atom is 0.410 e. The number of piperazine rings is 1. The third-order valence-electron chi connectivity index (χ3n) is 5.11. The van der Waals surface area contributed by atoms with Gasteiger partial charge in [0.05, 0.1) is 18.9 Å². The third-order valence-corrected chi connectivity index (χ3v) is 5.99. The van der Waals surface area contributed by atoms with Gasteiger partial charge in [0.25, 0.3) is 0 Å². The van der Waals surface area contributed by atoms with Crippen LogP contribution in [0.3, 0.4) is 0 Å². The van der Waals surface area contributed by atoms with Crippen LogP contribution in [0, 0.1) is 11.3 Å². The topological polar surface area (TPSA) is 107 Å². The molecule has 0 saturated carbocycles. The second-order valence-electron chi connectivity index (χ2n) is 6.94. The van der Waals surface area contributed by atoms with Gasteiger partial charge in [-0.05, 0) is 12.1 Å². The van der Waals surface area contributed by atoms with Crippen LogP contribution in [0.1, 0.15) is 5.69 Å². The molecule has 1 amide bonds. The highest BCUT2D eigenvalue weighted by atomic mass is 32.1. The van der Waals surface area contributed by atoms with Crippen molar-refractivity contribution < 1.29 is 14.3 Å². The lowest BCUT2D eigenvalue weighted by Crippen LogP contribution is -2.51. The van der Waals surface area contributed by atoms with Crippen LogP contribution >= 0.6 is 11.3 Å². The van der Waals surface area contributed by atoms with Crippen molar-refractivity contribution >= 4 is 34.2 Å². The van der Waals surface area contributed by atoms with Gasteiger partial charge in [0, 0.05) is 48.8 Å². The Hall–Kier alpha value is -3.16. The summed E-state index contributed by atoms with van der Waals surface area (Å²) in [5.74, 6) is 0. The van der Waals surface area contributed by atoms with Crippen LogP contribution in [0.15, 0.2) is 23.7 Å². The number of hydrogen-bond donors (Lipinski definition) is 1. The monoisotopic (exact) mass is 410 g/mol. The van der Waals surface area contributed by atoms with E-state index < -0.39 is 0 Å². The van der Waals surface area contributed by atoms with Crippen molar-refractivity contribution in [2.24, 2.45) is 0 Å². The van der Waals surface area contributed by atoms with E-state index >= 15 is 0 Å². The second kappa shape index (κ2) is 7.35. The molecule has 3 aromatic heterocycles. The lowest BCUT2D eigenvalue weighted by Gasteiger charge is -2.37. The van der Waals surface area contributed by atoms with Crippen LogP contribution in [-0.4, -0.2) is 71.4 Å². The van der Waals surface area contributed by atoms with Crippen molar-refractivity contribution in [3.8, 4) is 16.8 Å². The first kappa shape index (κ1) is 17.9. The number of ether oxygens (including phenoxy) is 2. The first-order valence-corrected chi connectivity index (χ1v) is 10.2. The summed E-state index contributed by atoms with van der Waals surface area (Å²) in [7, 11) is 0. The van der Waals surface area contributed by atoms with Crippen molar-refractivity contribution in [2.45, 2.75) is 6.10 Å². The van der Waals surface area contributed by atoms with Gasteiger partial charge >= 0.3 is 6.09 Å². The molecular formula is C19H18N6O3S. The summed E-state index contributed by atoms with van der Waals surface area (Å²) in [4.78, 5) is 28.3. The van der Waals surface area contributed by atoms with E-state index in [2.05, 4.69) is 25.9 Å². The predicted molar refractivity (Wildman–Crippen MR) is 107 cm³/mol. The van der Waals surface area contributed by atoms with Gasteiger partial charge in [-0.25, -0.2) is 14.8 Å². The van der Waals surface area contributed by atoms with Gasteiger partial charge in [-0.3, -0.25) is 0 Å². The average molecular weight is 410 g/mol. The summed E-state index contributed by atoms with van der Waals surface area (Å²) in [6.07, 6.45) is 1.41. The number of aromatic nitrogens is 3. The van der Waals surface area contributed by atoms with Gasteiger partial charge in [-0.2, -0.15) is 5.26 Å². The quantitative estimate of drug-likeness (QED) is 0.705. The number of anilines is 1. The lowest BCUT2D eigenvalue weighted by atomic mass is 10.2. The fourth-order valence-electron chi connectivity index (χ4n) is 3.48. The zero-order chi connectivity index (χ0) is 19.8. The molecule has 10 heteroatoms. The number of fused-ring (bicyclic) bond motifs is 1. The SMILES string of the molecule is N#Cc1csc(-c2cc3c(N4CCN(C(=O)OC5COC5)CC4)ccnc3[nH]2)n1. The van der Waals surface area contributed by atoms with Crippen LogP contribution in [0.25, 0.3) is 21.7 Å². The predicted octanol–water partition coefficient (Wildman–Crippen LogP) is 2.22. The summed E-state index contributed by atoms with van der Waals surface area (Å²) in [6.45, 7) is 3.62. The Morgan fingerprint density at radius 2 is 2.17 bits per heavy atom. The highest BCUT2D eigenvalue weighted by Gasteiger charge is 2.28. The Bertz CT molecular complexity index is 1090. The highest BCUT2D eigenvalue weighted by Crippen LogP contribution is 2.32. The van der Waals surface area contributed by atoms with Crippen LogP contribution in [-0.2, 0) is 9.47 Å². The van der Waals surface area contributed by atoms with Gasteiger partial charge in [0.15, 0.2) is 11.8 Å². The number of thiazole rings is 1. The molecule has 1 N–H and O–H groups in total. The number of hydrogen-bond acceptors (Lipinski definition) is 8. The Labute approximate surface area is 170 Å². The molecule has 29 heavy (non-hydrogen) atoms. The minimum Gasteiger partial charge on any atom is -0.441 e. The third kappa shape index (κ3) is 3.39. The number of pyridine rings is 1. The van der Waals surface area contributed by atoms with Gasteiger partial charge in [-0.15, -0.1) is 11.3 Å². The molecule has 0 aliphatic carbocycles. The number of carbonyl (C=O) groups excluding carboxylic acids is 1. The van der Waals surface area contributed by atoms with Gasteiger partial charge in [-0.1, -0.05) is 0 Å². The second-order valence-corrected chi connectivity index (χ2v) is 7.80. The molecule has 9 nitrogen and oxygen atoms in total. The smallest absolute Gasteiger partial charge is 0.410 e. The van der Waals surface area contributed by atoms with Crippen molar-refractivity contribution in [2.75, 3.05) is 44.3 Å². The van der Waals surface area contributed by atoms with E-state index in [-0.39, 0.29) is 12.2 Å². The lowest BCUT2D eigenvalue weighted by molar-refractivity contribution is -0.104. The molecule has 0 radical (unpaired) electrons. The fraction of sp³-hybridized carbons (Fsp3) is 0.368. The van der Waals surface area contributed by atoms with E-state index in [9.17, 15) is 4.79 Å². The number of nitrogens with zero attached hydrogens (tertiary/aromatic N) is 5. The molecule has 0 spiro atoms. The standard InChI is InChI=1S/C19H18N6O3S/c20-8-12-11-29-18(22-12)15-7-14-16(1-2-21-17(14)23-15)24-3-5-25(6-4-24)19(26)28-13-9-27-10-13/h1-2,7,11,13H,3-6,9-10H2,(H,21,23). The maximum absolute atomic E-state index is 12.2. The summed E-state index contributed by atoms with van der Waals surface area (Å²) >= 11 is 1.43. The van der Waals surface area contributed by atoms with E-state index in [1.54, 1.807) is 16.5 Å². The average Bonchev–Trinajstić information content (AvgIpc) is 3.37. The molecule has 148 valence electrons. The number of aromatic amines is 1. The van der Waals surface area contributed by atoms with Crippen LogP contribution in [0.4, 0.5) is 10.5 Å². The molecule has 0 atom stereocenters. The minimum atomic E-state index is -0.265. The molecule has 5 rings (SSSR count). The zero-order valence-corrected chi connectivity index (χ0v) is 16.3. The minimum absolute atomic E-state index is 0.106. The largest absolute Gasteiger partial charge is 0.441 e. The molecule has 2 saturated heterocycles. The maximum atomic E-state index is 12.2. The molecule has 0 unspecified atom stereocenters. The van der Waals surface area contributed by atoms with Crippen molar-refractivity contribution in [1.29, 1.82) is 5.26 Å². The van der Waals surface area contributed by atoms with Crippen LogP contribution in [0.2, 0.25) is 0 Å². The van der Waals surface area contributed by atoms with Crippen LogP contribution in [0.5, 0.6) is 0 Å². The number of H-pyrrole nitrogens is 1. The first-order valence-electron chi connectivity index (χ1n) is 9.33. The van der Waals surface area contributed by atoms with E-state index in [1.165, 1.54) is 11.3 Å². The highest BCUT2D eigenvalue weighted by molar-refractivity contribution is 7.13. The Balaban J connectivity index is 1.33. The molecule has 2 aliphatic heterocycles. The number of amides is 1. The van der Waals surface area contributed by atoms with Gasteiger partial charge < -0.3 is 24.3 Å². The number of carbonyl (C=O) groups is 1. The van der Waals surface area contributed by atoms with Gasteiger partial charge in [0.1, 0.15) is 16.7 Å². The number of rotatable bonds is 3. The molecule has 0 bridgehead atoms. The molecule has 5 heterocycles. The zero-order valence-electron chi connectivity index (χ0n) is 15.5. The van der Waals surface area contributed by atoms with Gasteiger partial charge in [0.2, 0.25) is 0 Å². The molecule has 0 aromatic carbocycles. The van der Waals surface area contributed by atoms with Crippen molar-refractivity contribution in [3.63, 3.8) is 0 Å². The summed E-state index contributed by atoms with van der Waals surface area (Å²) in [5.41, 5.74) is 3.10.